The third-order valence-corrected chi connectivity index (χ3v) is 4.70. The Labute approximate surface area is 146 Å². The summed E-state index contributed by atoms with van der Waals surface area (Å²) in [6.45, 7) is 3.90. The number of amides is 2. The third-order valence-electron chi connectivity index (χ3n) is 4.70. The molecule has 25 heavy (non-hydrogen) atoms. The maximum atomic E-state index is 13.2. The standard InChI is InChI=1S/C20H21FN2O2/c1-12-3-4-13(2)18(9-12)23-20(25)17-11-22-19(24)10-16(17)14-5-7-15(21)8-6-14/h3-5,7-9,11,14,16H,6,10H2,1-2H3,(H,22,24)(H,23,25)/t14?,16-/m1/s1. The van der Waals surface area contributed by atoms with E-state index < -0.39 is 0 Å². The van der Waals surface area contributed by atoms with Crippen LogP contribution >= 0.6 is 0 Å². The Kier molecular flexibility index (Phi) is 4.83. The summed E-state index contributed by atoms with van der Waals surface area (Å²) in [6.07, 6.45) is 6.83. The van der Waals surface area contributed by atoms with Crippen LogP contribution in [0.3, 0.4) is 0 Å². The Morgan fingerprint density at radius 1 is 1.32 bits per heavy atom. The molecule has 0 radical (unpaired) electrons. The molecule has 2 N–H and O–H groups in total. The lowest BCUT2D eigenvalue weighted by atomic mass is 9.78. The number of halogens is 1. The van der Waals surface area contributed by atoms with E-state index in [4.69, 9.17) is 0 Å². The van der Waals surface area contributed by atoms with Crippen LogP contribution in [0.15, 0.2) is 54.0 Å². The van der Waals surface area contributed by atoms with Crippen LogP contribution in [0, 0.1) is 25.7 Å². The predicted octanol–water partition coefficient (Wildman–Crippen LogP) is 3.69. The zero-order valence-electron chi connectivity index (χ0n) is 14.3. The van der Waals surface area contributed by atoms with Gasteiger partial charge in [-0.3, -0.25) is 9.59 Å². The highest BCUT2D eigenvalue weighted by Gasteiger charge is 2.33. The molecule has 130 valence electrons. The molecule has 1 aliphatic carbocycles. The second kappa shape index (κ2) is 7.05. The van der Waals surface area contributed by atoms with Crippen LogP contribution < -0.4 is 10.6 Å². The molecule has 1 unspecified atom stereocenters. The van der Waals surface area contributed by atoms with Crippen molar-refractivity contribution in [1.29, 1.82) is 0 Å². The first-order valence-corrected chi connectivity index (χ1v) is 8.36. The van der Waals surface area contributed by atoms with E-state index in [1.54, 1.807) is 6.08 Å². The molecule has 2 atom stereocenters. The fourth-order valence-electron chi connectivity index (χ4n) is 3.22. The number of aryl methyl sites for hydroxylation is 2. The van der Waals surface area contributed by atoms with Crippen molar-refractivity contribution in [3.05, 3.63) is 65.2 Å². The summed E-state index contributed by atoms with van der Waals surface area (Å²) in [5.41, 5.74) is 3.30. The maximum absolute atomic E-state index is 13.2. The highest BCUT2D eigenvalue weighted by molar-refractivity contribution is 6.06. The molecule has 0 fully saturated rings. The lowest BCUT2D eigenvalue weighted by Gasteiger charge is -2.29. The van der Waals surface area contributed by atoms with Crippen LogP contribution in [0.5, 0.6) is 0 Å². The molecule has 0 bridgehead atoms. The molecule has 4 nitrogen and oxygen atoms in total. The lowest BCUT2D eigenvalue weighted by Crippen LogP contribution is -2.36. The van der Waals surface area contributed by atoms with E-state index in [1.807, 2.05) is 32.0 Å². The highest BCUT2D eigenvalue weighted by Crippen LogP contribution is 2.34. The van der Waals surface area contributed by atoms with Crippen LogP contribution in [0.4, 0.5) is 10.1 Å². The van der Waals surface area contributed by atoms with E-state index in [0.29, 0.717) is 12.0 Å². The molecule has 0 saturated heterocycles. The average molecular weight is 340 g/mol. The van der Waals surface area contributed by atoms with Gasteiger partial charge in [0.2, 0.25) is 5.91 Å². The zero-order valence-corrected chi connectivity index (χ0v) is 14.3. The first-order valence-electron chi connectivity index (χ1n) is 8.36. The van der Waals surface area contributed by atoms with Gasteiger partial charge in [0.05, 0.1) is 0 Å². The minimum Gasteiger partial charge on any atom is -0.332 e. The number of anilines is 1. The van der Waals surface area contributed by atoms with E-state index in [9.17, 15) is 14.0 Å². The quantitative estimate of drug-likeness (QED) is 0.882. The molecule has 0 aromatic heterocycles. The summed E-state index contributed by atoms with van der Waals surface area (Å²) in [7, 11) is 0. The number of nitrogens with one attached hydrogen (secondary N) is 2. The third kappa shape index (κ3) is 3.87. The Morgan fingerprint density at radius 2 is 2.12 bits per heavy atom. The first-order chi connectivity index (χ1) is 11.9. The van der Waals surface area contributed by atoms with Gasteiger partial charge in [0.15, 0.2) is 0 Å². The summed E-state index contributed by atoms with van der Waals surface area (Å²) in [5.74, 6) is -0.971. The van der Waals surface area contributed by atoms with E-state index in [2.05, 4.69) is 10.6 Å². The van der Waals surface area contributed by atoms with Gasteiger partial charge in [-0.2, -0.15) is 0 Å². The van der Waals surface area contributed by atoms with Gasteiger partial charge in [-0.05, 0) is 55.5 Å². The molecular weight excluding hydrogens is 319 g/mol. The van der Waals surface area contributed by atoms with Crippen molar-refractivity contribution < 1.29 is 14.0 Å². The molecule has 1 aliphatic heterocycles. The van der Waals surface area contributed by atoms with Crippen LogP contribution in [-0.2, 0) is 9.59 Å². The van der Waals surface area contributed by atoms with Crippen LogP contribution in [0.1, 0.15) is 24.0 Å². The van der Waals surface area contributed by atoms with Gasteiger partial charge in [0.1, 0.15) is 5.83 Å². The van der Waals surface area contributed by atoms with Crippen molar-refractivity contribution in [1.82, 2.24) is 5.32 Å². The van der Waals surface area contributed by atoms with Crippen LogP contribution in [-0.4, -0.2) is 11.8 Å². The largest absolute Gasteiger partial charge is 0.332 e. The molecule has 1 aromatic rings. The summed E-state index contributed by atoms with van der Waals surface area (Å²) in [4.78, 5) is 24.6. The normalized spacial score (nSPS) is 22.8. The average Bonchev–Trinajstić information content (AvgIpc) is 2.58. The van der Waals surface area contributed by atoms with Gasteiger partial charge in [-0.15, -0.1) is 0 Å². The SMILES string of the molecule is Cc1ccc(C)c(NC(=O)C2=CNC(=O)C[C@@H]2C2C=CC(F)=CC2)c1. The summed E-state index contributed by atoms with van der Waals surface area (Å²) >= 11 is 0. The van der Waals surface area contributed by atoms with Gasteiger partial charge in [0.25, 0.3) is 5.91 Å². The maximum Gasteiger partial charge on any atom is 0.253 e. The Bertz CT molecular complexity index is 808. The van der Waals surface area contributed by atoms with Crippen molar-refractivity contribution in [2.45, 2.75) is 26.7 Å². The van der Waals surface area contributed by atoms with Crippen molar-refractivity contribution >= 4 is 17.5 Å². The summed E-state index contributed by atoms with van der Waals surface area (Å²) < 4.78 is 13.2. The number of carbonyl (C=O) groups excluding carboxylic acids is 2. The van der Waals surface area contributed by atoms with Gasteiger partial charge in [-0.1, -0.05) is 18.2 Å². The lowest BCUT2D eigenvalue weighted by molar-refractivity contribution is -0.122. The molecular formula is C20H21FN2O2. The smallest absolute Gasteiger partial charge is 0.253 e. The Balaban J connectivity index is 1.82. The minimum atomic E-state index is -0.276. The summed E-state index contributed by atoms with van der Waals surface area (Å²) in [5, 5.41) is 5.57. The van der Waals surface area contributed by atoms with Crippen LogP contribution in [0.25, 0.3) is 0 Å². The molecule has 0 spiro atoms. The van der Waals surface area contributed by atoms with E-state index in [-0.39, 0.29) is 35.9 Å². The Hall–Kier alpha value is -2.69. The van der Waals surface area contributed by atoms with Gasteiger partial charge < -0.3 is 10.6 Å². The van der Waals surface area contributed by atoms with Crippen molar-refractivity contribution in [3.63, 3.8) is 0 Å². The monoisotopic (exact) mass is 340 g/mol. The van der Waals surface area contributed by atoms with Crippen molar-refractivity contribution in [2.24, 2.45) is 11.8 Å². The van der Waals surface area contributed by atoms with E-state index in [1.165, 1.54) is 18.4 Å². The molecule has 2 amide bonds. The zero-order chi connectivity index (χ0) is 18.0. The van der Waals surface area contributed by atoms with Crippen molar-refractivity contribution in [3.8, 4) is 0 Å². The molecule has 2 aliphatic rings. The number of rotatable bonds is 3. The van der Waals surface area contributed by atoms with Crippen molar-refractivity contribution in [2.75, 3.05) is 5.32 Å². The second-order valence-corrected chi connectivity index (χ2v) is 6.60. The molecule has 1 heterocycles. The number of allylic oxidation sites excluding steroid dienone is 4. The van der Waals surface area contributed by atoms with Crippen LogP contribution in [0.2, 0.25) is 0 Å². The molecule has 5 heteroatoms. The number of hydrogen-bond donors (Lipinski definition) is 2. The van der Waals surface area contributed by atoms with E-state index >= 15 is 0 Å². The fraction of sp³-hybridized carbons (Fsp3) is 0.300. The summed E-state index contributed by atoms with van der Waals surface area (Å²) in [6, 6.07) is 5.86. The molecule has 3 rings (SSSR count). The highest BCUT2D eigenvalue weighted by atomic mass is 19.1. The van der Waals surface area contributed by atoms with E-state index in [0.717, 1.165) is 16.8 Å². The minimum absolute atomic E-state index is 0.0684. The second-order valence-electron chi connectivity index (χ2n) is 6.60. The van der Waals surface area contributed by atoms with Gasteiger partial charge in [0, 0.05) is 29.8 Å². The first kappa shape index (κ1) is 17.1. The number of carbonyl (C=O) groups is 2. The fourth-order valence-corrected chi connectivity index (χ4v) is 3.22. The van der Waals surface area contributed by atoms with Gasteiger partial charge >= 0.3 is 0 Å². The Morgan fingerprint density at radius 3 is 2.84 bits per heavy atom. The number of benzene rings is 1. The predicted molar refractivity (Wildman–Crippen MR) is 95.3 cm³/mol. The van der Waals surface area contributed by atoms with Gasteiger partial charge in [-0.25, -0.2) is 4.39 Å². The topological polar surface area (TPSA) is 58.2 Å². The molecule has 0 saturated carbocycles. The molecule has 1 aromatic carbocycles. The number of hydrogen-bond acceptors (Lipinski definition) is 2.